The van der Waals surface area contributed by atoms with E-state index in [2.05, 4.69) is 0 Å². The van der Waals surface area contributed by atoms with E-state index in [1.54, 1.807) is 4.90 Å². The molecule has 9 heteroatoms. The van der Waals surface area contributed by atoms with Crippen LogP contribution < -0.4 is 0 Å². The summed E-state index contributed by atoms with van der Waals surface area (Å²) in [6.45, 7) is 2.38. The fraction of sp³-hybridized carbons (Fsp3) is 0.562. The molecular formula is C16H20ClFN2O4S. The highest BCUT2D eigenvalue weighted by Crippen LogP contribution is 2.27. The van der Waals surface area contributed by atoms with Crippen molar-refractivity contribution in [3.8, 4) is 0 Å². The number of nitrogens with zero attached hydrogens (tertiary/aromatic N) is 2. The molecule has 2 fully saturated rings. The molecule has 2 saturated heterocycles. The summed E-state index contributed by atoms with van der Waals surface area (Å²) in [7, 11) is -4.00. The van der Waals surface area contributed by atoms with Crippen LogP contribution in [0.3, 0.4) is 0 Å². The Balaban J connectivity index is 1.77. The lowest BCUT2D eigenvalue weighted by molar-refractivity contribution is -0.140. The van der Waals surface area contributed by atoms with Gasteiger partial charge in [-0.1, -0.05) is 11.6 Å². The fourth-order valence-electron chi connectivity index (χ4n) is 3.23. The summed E-state index contributed by atoms with van der Waals surface area (Å²) < 4.78 is 46.0. The molecule has 0 aliphatic carbocycles. The number of sulfonamides is 1. The van der Waals surface area contributed by atoms with E-state index in [1.807, 2.05) is 0 Å². The van der Waals surface area contributed by atoms with Crippen molar-refractivity contribution in [1.82, 2.24) is 9.21 Å². The number of hydrogen-bond donors (Lipinski definition) is 0. The minimum atomic E-state index is -4.00. The van der Waals surface area contributed by atoms with Crippen molar-refractivity contribution in [2.75, 3.05) is 39.4 Å². The van der Waals surface area contributed by atoms with Gasteiger partial charge in [0.05, 0.1) is 19.1 Å². The Morgan fingerprint density at radius 2 is 1.96 bits per heavy atom. The van der Waals surface area contributed by atoms with E-state index >= 15 is 0 Å². The second kappa shape index (κ2) is 7.57. The Bertz CT molecular complexity index is 753. The molecule has 0 saturated carbocycles. The van der Waals surface area contributed by atoms with Gasteiger partial charge in [0, 0.05) is 31.2 Å². The van der Waals surface area contributed by atoms with Crippen molar-refractivity contribution in [1.29, 1.82) is 0 Å². The summed E-state index contributed by atoms with van der Waals surface area (Å²) >= 11 is 5.69. The molecule has 2 heterocycles. The number of morpholine rings is 1. The van der Waals surface area contributed by atoms with Crippen molar-refractivity contribution in [2.45, 2.75) is 17.7 Å². The lowest BCUT2D eigenvalue weighted by atomic mass is 9.98. The molecular weight excluding hydrogens is 371 g/mol. The average molecular weight is 391 g/mol. The third kappa shape index (κ3) is 3.97. The maximum atomic E-state index is 14.1. The van der Waals surface area contributed by atoms with Crippen LogP contribution in [-0.2, 0) is 19.6 Å². The van der Waals surface area contributed by atoms with E-state index in [1.165, 1.54) is 16.4 Å². The lowest BCUT2D eigenvalue weighted by Crippen LogP contribution is -2.49. The molecule has 0 N–H and O–H groups in total. The Labute approximate surface area is 151 Å². The maximum absolute atomic E-state index is 14.1. The van der Waals surface area contributed by atoms with Crippen LogP contribution in [0.4, 0.5) is 4.39 Å². The van der Waals surface area contributed by atoms with Gasteiger partial charge < -0.3 is 9.64 Å². The van der Waals surface area contributed by atoms with Gasteiger partial charge >= 0.3 is 0 Å². The van der Waals surface area contributed by atoms with Crippen molar-refractivity contribution < 1.29 is 22.3 Å². The number of carbonyl (C=O) groups is 1. The number of piperidine rings is 1. The predicted molar refractivity (Wildman–Crippen MR) is 90.3 cm³/mol. The molecule has 0 aromatic heterocycles. The topological polar surface area (TPSA) is 66.9 Å². The summed E-state index contributed by atoms with van der Waals surface area (Å²) in [5.74, 6) is -1.34. The highest BCUT2D eigenvalue weighted by molar-refractivity contribution is 7.89. The number of amides is 1. The number of hydrogen-bond acceptors (Lipinski definition) is 4. The molecule has 138 valence electrons. The van der Waals surface area contributed by atoms with Crippen molar-refractivity contribution in [3.05, 3.63) is 29.0 Å². The Kier molecular flexibility index (Phi) is 5.62. The number of halogens is 2. The van der Waals surface area contributed by atoms with E-state index in [9.17, 15) is 17.6 Å². The first-order chi connectivity index (χ1) is 11.9. The molecule has 1 aromatic rings. The van der Waals surface area contributed by atoms with Gasteiger partial charge in [0.1, 0.15) is 10.7 Å². The maximum Gasteiger partial charge on any atom is 0.246 e. The van der Waals surface area contributed by atoms with Crippen LogP contribution in [0.25, 0.3) is 0 Å². The Morgan fingerprint density at radius 1 is 1.24 bits per heavy atom. The molecule has 3 rings (SSSR count). The van der Waals surface area contributed by atoms with Gasteiger partial charge in [-0.05, 0) is 31.0 Å². The van der Waals surface area contributed by atoms with Gasteiger partial charge in [-0.3, -0.25) is 4.79 Å². The zero-order valence-corrected chi connectivity index (χ0v) is 15.2. The van der Waals surface area contributed by atoms with E-state index in [-0.39, 0.29) is 24.0 Å². The second-order valence-corrected chi connectivity index (χ2v) is 8.56. The van der Waals surface area contributed by atoms with Gasteiger partial charge in [0.15, 0.2) is 0 Å². The second-order valence-electron chi connectivity index (χ2n) is 6.21. The third-order valence-corrected chi connectivity index (χ3v) is 6.70. The van der Waals surface area contributed by atoms with Gasteiger partial charge in [0.2, 0.25) is 15.9 Å². The zero-order valence-electron chi connectivity index (χ0n) is 13.7. The molecule has 2 aliphatic rings. The Morgan fingerprint density at radius 3 is 2.64 bits per heavy atom. The number of carbonyl (C=O) groups excluding carboxylic acids is 1. The van der Waals surface area contributed by atoms with Crippen molar-refractivity contribution in [2.24, 2.45) is 5.92 Å². The van der Waals surface area contributed by atoms with Crippen LogP contribution in [-0.4, -0.2) is 62.9 Å². The molecule has 0 bridgehead atoms. The minimum absolute atomic E-state index is 0.0558. The molecule has 1 amide bonds. The SMILES string of the molecule is O=C(C1CCCN(S(=O)(=O)c2ccc(Cl)cc2F)C1)N1CCOCC1. The van der Waals surface area contributed by atoms with Crippen LogP contribution >= 0.6 is 11.6 Å². The van der Waals surface area contributed by atoms with Gasteiger partial charge in [-0.2, -0.15) is 4.31 Å². The number of rotatable bonds is 3. The smallest absolute Gasteiger partial charge is 0.246 e. The van der Waals surface area contributed by atoms with Gasteiger partial charge in [-0.15, -0.1) is 0 Å². The van der Waals surface area contributed by atoms with E-state index in [0.29, 0.717) is 39.1 Å². The number of ether oxygens (including phenoxy) is 1. The fourth-order valence-corrected chi connectivity index (χ4v) is 4.96. The standard InChI is InChI=1S/C16H20ClFN2O4S/c17-13-3-4-15(14(18)10-13)25(22,23)20-5-1-2-12(11-20)16(21)19-6-8-24-9-7-19/h3-4,10,12H,1-2,5-9,11H2. The van der Waals surface area contributed by atoms with E-state index in [4.69, 9.17) is 16.3 Å². The van der Waals surface area contributed by atoms with Crippen LogP contribution in [0.15, 0.2) is 23.1 Å². The summed E-state index contributed by atoms with van der Waals surface area (Å²) in [4.78, 5) is 13.9. The van der Waals surface area contributed by atoms with Crippen molar-refractivity contribution in [3.63, 3.8) is 0 Å². The molecule has 2 aliphatic heterocycles. The van der Waals surface area contributed by atoms with Crippen LogP contribution in [0.5, 0.6) is 0 Å². The normalized spacial score (nSPS) is 22.8. The first-order valence-electron chi connectivity index (χ1n) is 8.21. The van der Waals surface area contributed by atoms with E-state index in [0.717, 1.165) is 6.07 Å². The first kappa shape index (κ1) is 18.6. The van der Waals surface area contributed by atoms with Crippen LogP contribution in [0, 0.1) is 11.7 Å². The van der Waals surface area contributed by atoms with Crippen LogP contribution in [0.1, 0.15) is 12.8 Å². The molecule has 25 heavy (non-hydrogen) atoms. The summed E-state index contributed by atoms with van der Waals surface area (Å²) in [6.07, 6.45) is 1.19. The Hall–Kier alpha value is -1.22. The lowest BCUT2D eigenvalue weighted by Gasteiger charge is -2.35. The zero-order chi connectivity index (χ0) is 18.0. The van der Waals surface area contributed by atoms with E-state index < -0.39 is 26.7 Å². The molecule has 6 nitrogen and oxygen atoms in total. The summed E-state index contributed by atoms with van der Waals surface area (Å²) in [5, 5.41) is 0.135. The molecule has 1 unspecified atom stereocenters. The molecule has 1 aromatic carbocycles. The average Bonchev–Trinajstić information content (AvgIpc) is 2.61. The first-order valence-corrected chi connectivity index (χ1v) is 10.0. The molecule has 0 radical (unpaired) electrons. The number of benzene rings is 1. The van der Waals surface area contributed by atoms with Crippen LogP contribution in [0.2, 0.25) is 5.02 Å². The molecule has 0 spiro atoms. The highest BCUT2D eigenvalue weighted by Gasteiger charge is 2.36. The van der Waals surface area contributed by atoms with Crippen molar-refractivity contribution >= 4 is 27.5 Å². The van der Waals surface area contributed by atoms with Gasteiger partial charge in [0.25, 0.3) is 0 Å². The molecule has 1 atom stereocenters. The predicted octanol–water partition coefficient (Wildman–Crippen LogP) is 1.74. The van der Waals surface area contributed by atoms with Gasteiger partial charge in [-0.25, -0.2) is 12.8 Å². The third-order valence-electron chi connectivity index (χ3n) is 4.57. The largest absolute Gasteiger partial charge is 0.378 e. The highest BCUT2D eigenvalue weighted by atomic mass is 35.5. The summed E-state index contributed by atoms with van der Waals surface area (Å²) in [5.41, 5.74) is 0. The monoisotopic (exact) mass is 390 g/mol. The minimum Gasteiger partial charge on any atom is -0.378 e. The quantitative estimate of drug-likeness (QED) is 0.788. The summed E-state index contributed by atoms with van der Waals surface area (Å²) in [6, 6.07) is 3.49.